The van der Waals surface area contributed by atoms with E-state index in [4.69, 9.17) is 4.74 Å². The average Bonchev–Trinajstić information content (AvgIpc) is 2.82. The number of hydrogen-bond acceptors (Lipinski definition) is 4. The van der Waals surface area contributed by atoms with E-state index in [9.17, 15) is 9.18 Å². The van der Waals surface area contributed by atoms with Crippen molar-refractivity contribution < 1.29 is 13.9 Å². The Labute approximate surface area is 90.5 Å². The van der Waals surface area contributed by atoms with E-state index in [1.807, 2.05) is 0 Å². The third-order valence-electron chi connectivity index (χ3n) is 2.06. The van der Waals surface area contributed by atoms with Crippen molar-refractivity contribution in [3.05, 3.63) is 35.9 Å². The molecule has 6 heteroatoms. The second-order valence-electron chi connectivity index (χ2n) is 2.98. The lowest BCUT2D eigenvalue weighted by molar-refractivity contribution is 0.112. The standard InChI is InChI=1S/C10H8FN3O2/c1-16-10-4-7(6-15)9(5-8(10)11)14-12-2-3-13-14/h2-6H,1H3. The van der Waals surface area contributed by atoms with E-state index >= 15 is 0 Å². The molecule has 0 spiro atoms. The number of methoxy groups -OCH3 is 1. The van der Waals surface area contributed by atoms with Gasteiger partial charge in [-0.2, -0.15) is 15.0 Å². The number of halogens is 1. The van der Waals surface area contributed by atoms with Gasteiger partial charge in [0.25, 0.3) is 0 Å². The molecule has 0 fully saturated rings. The van der Waals surface area contributed by atoms with Crippen LogP contribution in [0.25, 0.3) is 5.69 Å². The van der Waals surface area contributed by atoms with E-state index in [0.29, 0.717) is 6.29 Å². The lowest BCUT2D eigenvalue weighted by atomic mass is 10.2. The van der Waals surface area contributed by atoms with Gasteiger partial charge in [0.1, 0.15) is 0 Å². The Morgan fingerprint density at radius 3 is 2.62 bits per heavy atom. The molecule has 0 bridgehead atoms. The average molecular weight is 221 g/mol. The predicted molar refractivity (Wildman–Crippen MR) is 53.3 cm³/mol. The Bertz CT molecular complexity index is 511. The van der Waals surface area contributed by atoms with E-state index in [1.165, 1.54) is 30.4 Å². The lowest BCUT2D eigenvalue weighted by Gasteiger charge is -2.07. The molecule has 0 aliphatic rings. The summed E-state index contributed by atoms with van der Waals surface area (Å²) < 4.78 is 18.2. The highest BCUT2D eigenvalue weighted by molar-refractivity contribution is 5.81. The highest BCUT2D eigenvalue weighted by Gasteiger charge is 2.12. The van der Waals surface area contributed by atoms with E-state index in [2.05, 4.69) is 10.2 Å². The molecule has 0 aliphatic carbocycles. The molecule has 0 N–H and O–H groups in total. The van der Waals surface area contributed by atoms with Crippen LogP contribution in [0.4, 0.5) is 4.39 Å². The van der Waals surface area contributed by atoms with Gasteiger partial charge in [0.2, 0.25) is 0 Å². The van der Waals surface area contributed by atoms with Crippen LogP contribution in [0.5, 0.6) is 5.75 Å². The summed E-state index contributed by atoms with van der Waals surface area (Å²) in [5.74, 6) is -0.557. The van der Waals surface area contributed by atoms with Crippen LogP contribution in [0, 0.1) is 5.82 Å². The van der Waals surface area contributed by atoms with Gasteiger partial charge in [0, 0.05) is 11.6 Å². The molecular formula is C10H8FN3O2. The molecule has 0 amide bonds. The second kappa shape index (κ2) is 4.09. The number of benzene rings is 1. The van der Waals surface area contributed by atoms with Crippen LogP contribution in [0.2, 0.25) is 0 Å². The first-order chi connectivity index (χ1) is 7.76. The zero-order valence-corrected chi connectivity index (χ0v) is 8.42. The molecular weight excluding hydrogens is 213 g/mol. The van der Waals surface area contributed by atoms with Crippen LogP contribution in [-0.2, 0) is 0 Å². The van der Waals surface area contributed by atoms with Crippen molar-refractivity contribution in [1.29, 1.82) is 0 Å². The van der Waals surface area contributed by atoms with Crippen molar-refractivity contribution in [1.82, 2.24) is 15.0 Å². The largest absolute Gasteiger partial charge is 0.494 e. The number of hydrogen-bond donors (Lipinski definition) is 0. The molecule has 0 radical (unpaired) electrons. The van der Waals surface area contributed by atoms with Crippen LogP contribution in [0.1, 0.15) is 10.4 Å². The van der Waals surface area contributed by atoms with Crippen LogP contribution in [-0.4, -0.2) is 28.4 Å². The van der Waals surface area contributed by atoms with Gasteiger partial charge >= 0.3 is 0 Å². The van der Waals surface area contributed by atoms with Crippen LogP contribution >= 0.6 is 0 Å². The SMILES string of the molecule is COc1cc(C=O)c(-n2nccn2)cc1F. The monoisotopic (exact) mass is 221 g/mol. The van der Waals surface area contributed by atoms with Crippen molar-refractivity contribution >= 4 is 6.29 Å². The maximum Gasteiger partial charge on any atom is 0.167 e. The number of nitrogens with zero attached hydrogens (tertiary/aromatic N) is 3. The number of aromatic nitrogens is 3. The molecule has 2 rings (SSSR count). The minimum Gasteiger partial charge on any atom is -0.494 e. The van der Waals surface area contributed by atoms with Crippen molar-refractivity contribution in [2.45, 2.75) is 0 Å². The highest BCUT2D eigenvalue weighted by Crippen LogP contribution is 2.22. The smallest absolute Gasteiger partial charge is 0.167 e. The van der Waals surface area contributed by atoms with Crippen molar-refractivity contribution in [3.8, 4) is 11.4 Å². The molecule has 1 heterocycles. The summed E-state index contributed by atoms with van der Waals surface area (Å²) in [6.07, 6.45) is 3.48. The van der Waals surface area contributed by atoms with Gasteiger partial charge in [0.15, 0.2) is 17.9 Å². The molecule has 0 aliphatic heterocycles. The Kier molecular flexibility index (Phi) is 2.63. The summed E-state index contributed by atoms with van der Waals surface area (Å²) in [5.41, 5.74) is 0.535. The summed E-state index contributed by atoms with van der Waals surface area (Å²) in [4.78, 5) is 12.0. The molecule has 1 aromatic carbocycles. The van der Waals surface area contributed by atoms with E-state index < -0.39 is 5.82 Å². The summed E-state index contributed by atoms with van der Waals surface area (Å²) in [7, 11) is 1.33. The fourth-order valence-electron chi connectivity index (χ4n) is 1.32. The van der Waals surface area contributed by atoms with Crippen molar-refractivity contribution in [2.24, 2.45) is 0 Å². The van der Waals surface area contributed by atoms with Gasteiger partial charge in [-0.3, -0.25) is 4.79 Å². The van der Waals surface area contributed by atoms with E-state index in [1.54, 1.807) is 0 Å². The zero-order valence-electron chi connectivity index (χ0n) is 8.42. The normalized spacial score (nSPS) is 10.1. The Hall–Kier alpha value is -2.24. The van der Waals surface area contributed by atoms with Gasteiger partial charge in [-0.25, -0.2) is 4.39 Å². The van der Waals surface area contributed by atoms with Crippen LogP contribution in [0.3, 0.4) is 0 Å². The Balaban J connectivity index is 2.61. The first-order valence-corrected chi connectivity index (χ1v) is 4.45. The first-order valence-electron chi connectivity index (χ1n) is 4.45. The zero-order chi connectivity index (χ0) is 11.5. The number of carbonyl (C=O) groups is 1. The maximum atomic E-state index is 13.4. The molecule has 1 aromatic heterocycles. The molecule has 16 heavy (non-hydrogen) atoms. The molecule has 0 unspecified atom stereocenters. The minimum atomic E-state index is -0.569. The summed E-state index contributed by atoms with van der Waals surface area (Å²) >= 11 is 0. The second-order valence-corrected chi connectivity index (χ2v) is 2.98. The van der Waals surface area contributed by atoms with Gasteiger partial charge in [-0.05, 0) is 6.07 Å². The van der Waals surface area contributed by atoms with Gasteiger partial charge in [-0.15, -0.1) is 0 Å². The lowest BCUT2D eigenvalue weighted by Crippen LogP contribution is -2.04. The minimum absolute atomic E-state index is 0.0120. The van der Waals surface area contributed by atoms with Gasteiger partial charge in [0.05, 0.1) is 25.2 Å². The van der Waals surface area contributed by atoms with Crippen molar-refractivity contribution in [2.75, 3.05) is 7.11 Å². The van der Waals surface area contributed by atoms with Crippen molar-refractivity contribution in [3.63, 3.8) is 0 Å². The van der Waals surface area contributed by atoms with E-state index in [0.717, 1.165) is 6.07 Å². The Morgan fingerprint density at radius 2 is 2.06 bits per heavy atom. The summed E-state index contributed by atoms with van der Waals surface area (Å²) in [5, 5.41) is 7.66. The van der Waals surface area contributed by atoms with Crippen LogP contribution < -0.4 is 4.74 Å². The number of aldehydes is 1. The van der Waals surface area contributed by atoms with E-state index in [-0.39, 0.29) is 17.0 Å². The molecule has 0 saturated carbocycles. The molecule has 0 atom stereocenters. The van der Waals surface area contributed by atoms with Gasteiger partial charge in [-0.1, -0.05) is 0 Å². The summed E-state index contributed by atoms with van der Waals surface area (Å²) in [6, 6.07) is 2.46. The fraction of sp³-hybridized carbons (Fsp3) is 0.100. The summed E-state index contributed by atoms with van der Waals surface area (Å²) in [6.45, 7) is 0. The molecule has 2 aromatic rings. The fourth-order valence-corrected chi connectivity index (χ4v) is 1.32. The maximum absolute atomic E-state index is 13.4. The third-order valence-corrected chi connectivity index (χ3v) is 2.06. The number of carbonyl (C=O) groups excluding carboxylic acids is 1. The highest BCUT2D eigenvalue weighted by atomic mass is 19.1. The van der Waals surface area contributed by atoms with Gasteiger partial charge < -0.3 is 4.74 Å². The first kappa shape index (κ1) is 10.3. The Morgan fingerprint density at radius 1 is 1.38 bits per heavy atom. The quantitative estimate of drug-likeness (QED) is 0.731. The third kappa shape index (κ3) is 1.65. The topological polar surface area (TPSA) is 57.0 Å². The molecule has 5 nitrogen and oxygen atoms in total. The predicted octanol–water partition coefficient (Wildman–Crippen LogP) is 1.23. The molecule has 82 valence electrons. The van der Waals surface area contributed by atoms with Crippen LogP contribution in [0.15, 0.2) is 24.5 Å². The molecule has 0 saturated heterocycles. The number of rotatable bonds is 3. The number of ether oxygens (including phenoxy) is 1.